The molecule has 8 aromatic rings. The van der Waals surface area contributed by atoms with Crippen LogP contribution in [0.4, 0.5) is 0 Å². The summed E-state index contributed by atoms with van der Waals surface area (Å²) in [6.07, 6.45) is 0. The van der Waals surface area contributed by atoms with Crippen LogP contribution in [-0.2, 0) is 5.41 Å². The van der Waals surface area contributed by atoms with Crippen molar-refractivity contribution in [3.8, 4) is 44.5 Å². The second-order valence-electron chi connectivity index (χ2n) is 17.5. The van der Waals surface area contributed by atoms with Gasteiger partial charge < -0.3 is 0 Å². The average molecular weight is 715 g/mol. The van der Waals surface area contributed by atoms with Gasteiger partial charge in [-0.25, -0.2) is 0 Å². The lowest BCUT2D eigenvalue weighted by Gasteiger charge is -2.27. The fourth-order valence-electron chi connectivity index (χ4n) is 8.56. The van der Waals surface area contributed by atoms with Crippen LogP contribution in [0.3, 0.4) is 0 Å². The number of fused-ring (bicyclic) bond motifs is 3. The minimum Gasteiger partial charge on any atom is -0.0622 e. The monoisotopic (exact) mass is 714 g/mol. The zero-order valence-corrected chi connectivity index (χ0v) is 34.1. The van der Waals surface area contributed by atoms with E-state index in [1.165, 1.54) is 99.1 Å². The zero-order chi connectivity index (χ0) is 38.6. The highest BCUT2D eigenvalue weighted by atomic mass is 14.3. The Balaban J connectivity index is 1.72. The molecule has 0 saturated heterocycles. The maximum absolute atomic E-state index is 2.49. The predicted molar refractivity (Wildman–Crippen MR) is 242 cm³/mol. The van der Waals surface area contributed by atoms with Crippen molar-refractivity contribution in [1.29, 1.82) is 0 Å². The maximum atomic E-state index is 2.49. The second-order valence-corrected chi connectivity index (χ2v) is 17.5. The number of hydrogen-bond donors (Lipinski definition) is 0. The number of rotatable bonds is 7. The second kappa shape index (κ2) is 14.3. The molecule has 0 atom stereocenters. The van der Waals surface area contributed by atoms with Gasteiger partial charge in [0.2, 0.25) is 0 Å². The Morgan fingerprint density at radius 2 is 0.655 bits per heavy atom. The lowest BCUT2D eigenvalue weighted by Crippen LogP contribution is -2.10. The summed E-state index contributed by atoms with van der Waals surface area (Å²) in [7, 11) is 0. The summed E-state index contributed by atoms with van der Waals surface area (Å²) in [5.41, 5.74) is 15.7. The van der Waals surface area contributed by atoms with Gasteiger partial charge in [-0.1, -0.05) is 208 Å². The smallest absolute Gasteiger partial charge is 0.000139 e. The Morgan fingerprint density at radius 3 is 1.02 bits per heavy atom. The van der Waals surface area contributed by atoms with Crippen LogP contribution in [0.2, 0.25) is 0 Å². The van der Waals surface area contributed by atoms with E-state index < -0.39 is 0 Å². The quantitative estimate of drug-likeness (QED) is 0.144. The van der Waals surface area contributed by atoms with E-state index in [4.69, 9.17) is 0 Å². The molecule has 55 heavy (non-hydrogen) atoms. The fraction of sp³-hybridized carbons (Fsp3) is 0.236. The van der Waals surface area contributed by atoms with Crippen LogP contribution in [0.1, 0.15) is 102 Å². The molecule has 0 heterocycles. The highest BCUT2D eigenvalue weighted by Crippen LogP contribution is 2.54. The predicted octanol–water partition coefficient (Wildman–Crippen LogP) is 16.5. The van der Waals surface area contributed by atoms with Crippen molar-refractivity contribution < 1.29 is 0 Å². The van der Waals surface area contributed by atoms with Crippen LogP contribution in [0.25, 0.3) is 76.8 Å². The van der Waals surface area contributed by atoms with Gasteiger partial charge in [-0.15, -0.1) is 0 Å². The normalized spacial score (nSPS) is 12.2. The van der Waals surface area contributed by atoms with Crippen LogP contribution in [0.15, 0.2) is 146 Å². The first kappa shape index (κ1) is 36.5. The van der Waals surface area contributed by atoms with Crippen molar-refractivity contribution in [3.63, 3.8) is 0 Å². The Morgan fingerprint density at radius 1 is 0.327 bits per heavy atom. The van der Waals surface area contributed by atoms with E-state index in [0.717, 1.165) is 0 Å². The van der Waals surface area contributed by atoms with Crippen molar-refractivity contribution in [2.24, 2.45) is 0 Å². The molecule has 0 saturated carbocycles. The molecule has 0 nitrogen and oxygen atoms in total. The van der Waals surface area contributed by atoms with Gasteiger partial charge in [0.25, 0.3) is 0 Å². The summed E-state index contributed by atoms with van der Waals surface area (Å²) in [6, 6.07) is 55.8. The molecule has 0 heteroatoms. The Labute approximate surface area is 328 Å². The molecular formula is C55H54. The molecule has 274 valence electrons. The van der Waals surface area contributed by atoms with Gasteiger partial charge in [0.15, 0.2) is 0 Å². The van der Waals surface area contributed by atoms with E-state index in [1.807, 2.05) is 0 Å². The van der Waals surface area contributed by atoms with E-state index >= 15 is 0 Å². The van der Waals surface area contributed by atoms with Crippen molar-refractivity contribution in [2.45, 2.75) is 85.5 Å². The van der Waals surface area contributed by atoms with E-state index in [-0.39, 0.29) is 5.41 Å². The molecule has 0 radical (unpaired) electrons. The molecule has 0 N–H and O–H groups in total. The van der Waals surface area contributed by atoms with Crippen LogP contribution < -0.4 is 0 Å². The molecule has 0 aromatic heterocycles. The van der Waals surface area contributed by atoms with Crippen LogP contribution >= 0.6 is 0 Å². The van der Waals surface area contributed by atoms with Crippen LogP contribution in [0, 0.1) is 0 Å². The van der Waals surface area contributed by atoms with Gasteiger partial charge in [0.1, 0.15) is 0 Å². The molecule has 0 bridgehead atoms. The summed E-state index contributed by atoms with van der Waals surface area (Å²) in [5.74, 6) is 1.25. The third kappa shape index (κ3) is 6.57. The van der Waals surface area contributed by atoms with Crippen molar-refractivity contribution in [1.82, 2.24) is 0 Å². The summed E-state index contributed by atoms with van der Waals surface area (Å²) < 4.78 is 0. The Hall–Kier alpha value is -5.46. The summed E-state index contributed by atoms with van der Waals surface area (Å²) in [6.45, 7) is 20.7. The lowest BCUT2D eigenvalue weighted by molar-refractivity contribution is 0.590. The van der Waals surface area contributed by atoms with Gasteiger partial charge in [-0.3, -0.25) is 0 Å². The van der Waals surface area contributed by atoms with E-state index in [9.17, 15) is 0 Å². The molecular weight excluding hydrogens is 661 g/mol. The first-order chi connectivity index (χ1) is 26.4. The number of benzene rings is 8. The highest BCUT2D eigenvalue weighted by molar-refractivity contribution is 6.34. The maximum Gasteiger partial charge on any atom is -0.000139 e. The minimum absolute atomic E-state index is 0.0555. The first-order valence-corrected chi connectivity index (χ1v) is 20.3. The molecule has 0 fully saturated rings. The van der Waals surface area contributed by atoms with E-state index in [0.29, 0.717) is 17.8 Å². The lowest BCUT2D eigenvalue weighted by atomic mass is 9.76. The number of hydrogen-bond acceptors (Lipinski definition) is 0. The Bertz CT molecular complexity index is 2650. The molecule has 0 aliphatic heterocycles. The van der Waals surface area contributed by atoms with Crippen molar-refractivity contribution in [3.05, 3.63) is 168 Å². The molecule has 0 aliphatic carbocycles. The molecule has 0 amide bonds. The summed E-state index contributed by atoms with van der Waals surface area (Å²) >= 11 is 0. The van der Waals surface area contributed by atoms with Gasteiger partial charge in [0, 0.05) is 0 Å². The SMILES string of the molecule is CC(C)c1ccc(-c2c3ccc(C(C)C)cc3c(-c3ccccc3)c3c(-c4ccc(C(C)(C)C)cc4)c4ccc(C(C)C)cc4c(-c4ccccc4)c23)cc1. The largest absolute Gasteiger partial charge is 0.0622 e. The fourth-order valence-corrected chi connectivity index (χ4v) is 8.56. The molecule has 8 aromatic carbocycles. The first-order valence-electron chi connectivity index (χ1n) is 20.3. The molecule has 0 spiro atoms. The summed E-state index contributed by atoms with van der Waals surface area (Å²) in [4.78, 5) is 0. The summed E-state index contributed by atoms with van der Waals surface area (Å²) in [5, 5.41) is 7.82. The van der Waals surface area contributed by atoms with Gasteiger partial charge in [-0.05, 0) is 122 Å². The standard InChI is InChI=1S/C55H54/c1-34(2)37-20-22-40(23-21-37)49-45-30-26-42(35(3)4)32-47(45)52(39-18-14-11-15-19-39)54-50(41-24-28-44(29-25-41)55(7,8)9)46-31-27-43(36(5)6)33-48(46)51(53(49)54)38-16-12-10-13-17-38/h10-36H,1-9H3. The molecule has 8 rings (SSSR count). The average Bonchev–Trinajstić information content (AvgIpc) is 3.19. The third-order valence-corrected chi connectivity index (χ3v) is 11.8. The van der Waals surface area contributed by atoms with E-state index in [2.05, 4.69) is 208 Å². The topological polar surface area (TPSA) is 0 Å². The van der Waals surface area contributed by atoms with Gasteiger partial charge in [0.05, 0.1) is 0 Å². The molecule has 0 unspecified atom stereocenters. The van der Waals surface area contributed by atoms with Crippen molar-refractivity contribution >= 4 is 32.3 Å². The van der Waals surface area contributed by atoms with Crippen molar-refractivity contribution in [2.75, 3.05) is 0 Å². The third-order valence-electron chi connectivity index (χ3n) is 11.8. The van der Waals surface area contributed by atoms with Crippen LogP contribution in [0.5, 0.6) is 0 Å². The van der Waals surface area contributed by atoms with Gasteiger partial charge >= 0.3 is 0 Å². The minimum atomic E-state index is 0.0555. The van der Waals surface area contributed by atoms with E-state index in [1.54, 1.807) is 0 Å². The Kier molecular flexibility index (Phi) is 9.50. The molecule has 0 aliphatic rings. The van der Waals surface area contributed by atoms with Gasteiger partial charge in [-0.2, -0.15) is 0 Å². The van der Waals surface area contributed by atoms with Crippen LogP contribution in [-0.4, -0.2) is 0 Å². The zero-order valence-electron chi connectivity index (χ0n) is 34.1. The highest BCUT2D eigenvalue weighted by Gasteiger charge is 2.27.